The van der Waals surface area contributed by atoms with Crippen LogP contribution in [0.1, 0.15) is 48.2 Å². The molecule has 0 aliphatic heterocycles. The lowest BCUT2D eigenvalue weighted by Gasteiger charge is -2.06. The van der Waals surface area contributed by atoms with E-state index in [0.29, 0.717) is 23.8 Å². The van der Waals surface area contributed by atoms with Crippen LogP contribution in [-0.4, -0.2) is 26.5 Å². The van der Waals surface area contributed by atoms with Crippen molar-refractivity contribution in [3.63, 3.8) is 0 Å². The summed E-state index contributed by atoms with van der Waals surface area (Å²) in [6, 6.07) is 13.2. The van der Waals surface area contributed by atoms with Crippen molar-refractivity contribution in [2.75, 3.05) is 5.32 Å². The lowest BCUT2D eigenvalue weighted by molar-refractivity contribution is -0.116. The second kappa shape index (κ2) is 9.78. The average Bonchev–Trinajstić information content (AvgIpc) is 3.13. The molecule has 1 amide bonds. The fourth-order valence-electron chi connectivity index (χ4n) is 3.07. The standard InChI is InChI=1S/C23H26N4O2/c1-17(2)15-18-3-5-20(6-4-18)21(28)7-8-23(29)25-22-11-14-27(26-22)16-19-9-12-24-13-10-19/h3-6,9-14,17H,7-8,15-16H2,1-2H3,(H,25,26,29). The molecule has 6 heteroatoms. The molecule has 0 radical (unpaired) electrons. The fourth-order valence-corrected chi connectivity index (χ4v) is 3.07. The van der Waals surface area contributed by atoms with E-state index >= 15 is 0 Å². The minimum absolute atomic E-state index is 0.0283. The number of aromatic nitrogens is 3. The number of carbonyl (C=O) groups excluding carboxylic acids is 2. The smallest absolute Gasteiger partial charge is 0.226 e. The van der Waals surface area contributed by atoms with Crippen LogP contribution in [0.15, 0.2) is 61.1 Å². The predicted molar refractivity (Wildman–Crippen MR) is 113 cm³/mol. The molecule has 150 valence electrons. The van der Waals surface area contributed by atoms with Crippen molar-refractivity contribution in [3.05, 3.63) is 77.7 Å². The zero-order chi connectivity index (χ0) is 20.6. The van der Waals surface area contributed by atoms with Crippen molar-refractivity contribution in [3.8, 4) is 0 Å². The second-order valence-electron chi connectivity index (χ2n) is 7.52. The minimum Gasteiger partial charge on any atom is -0.309 e. The summed E-state index contributed by atoms with van der Waals surface area (Å²) in [5, 5.41) is 7.09. The van der Waals surface area contributed by atoms with Crippen LogP contribution >= 0.6 is 0 Å². The molecular weight excluding hydrogens is 364 g/mol. The third-order valence-electron chi connectivity index (χ3n) is 4.50. The van der Waals surface area contributed by atoms with E-state index in [-0.39, 0.29) is 24.5 Å². The van der Waals surface area contributed by atoms with Crippen LogP contribution in [0, 0.1) is 5.92 Å². The highest BCUT2D eigenvalue weighted by molar-refractivity contribution is 5.99. The van der Waals surface area contributed by atoms with Gasteiger partial charge in [0.05, 0.1) is 6.54 Å². The number of anilines is 1. The lowest BCUT2D eigenvalue weighted by Crippen LogP contribution is -2.14. The molecule has 29 heavy (non-hydrogen) atoms. The minimum atomic E-state index is -0.219. The molecule has 0 aliphatic carbocycles. The Morgan fingerprint density at radius 3 is 2.38 bits per heavy atom. The third kappa shape index (κ3) is 6.38. The number of pyridine rings is 1. The van der Waals surface area contributed by atoms with Gasteiger partial charge >= 0.3 is 0 Å². The van der Waals surface area contributed by atoms with Crippen molar-refractivity contribution in [1.82, 2.24) is 14.8 Å². The SMILES string of the molecule is CC(C)Cc1ccc(C(=O)CCC(=O)Nc2ccn(Cc3ccncc3)n2)cc1. The quantitative estimate of drug-likeness (QED) is 0.558. The van der Waals surface area contributed by atoms with Gasteiger partial charge < -0.3 is 5.32 Å². The molecule has 0 atom stereocenters. The molecule has 2 heterocycles. The molecule has 6 nitrogen and oxygen atoms in total. The Hall–Kier alpha value is -3.28. The Kier molecular flexibility index (Phi) is 6.89. The van der Waals surface area contributed by atoms with Crippen LogP contribution in [0.4, 0.5) is 5.82 Å². The van der Waals surface area contributed by atoms with Gasteiger partial charge in [-0.3, -0.25) is 19.3 Å². The normalized spacial score (nSPS) is 10.9. The summed E-state index contributed by atoms with van der Waals surface area (Å²) in [4.78, 5) is 28.5. The van der Waals surface area contributed by atoms with Gasteiger partial charge in [-0.1, -0.05) is 38.1 Å². The highest BCUT2D eigenvalue weighted by atomic mass is 16.2. The van der Waals surface area contributed by atoms with Crippen LogP contribution in [0.5, 0.6) is 0 Å². The van der Waals surface area contributed by atoms with E-state index < -0.39 is 0 Å². The van der Waals surface area contributed by atoms with Gasteiger partial charge in [0, 0.05) is 43.1 Å². The lowest BCUT2D eigenvalue weighted by atomic mass is 9.99. The summed E-state index contributed by atoms with van der Waals surface area (Å²) in [6.45, 7) is 4.93. The number of amides is 1. The largest absolute Gasteiger partial charge is 0.309 e. The molecule has 2 aromatic heterocycles. The number of carbonyl (C=O) groups is 2. The van der Waals surface area contributed by atoms with E-state index in [4.69, 9.17) is 0 Å². The van der Waals surface area contributed by atoms with Gasteiger partial charge in [-0.25, -0.2) is 0 Å². The summed E-state index contributed by atoms with van der Waals surface area (Å²) in [5.41, 5.74) is 2.94. The maximum Gasteiger partial charge on any atom is 0.226 e. The first-order valence-corrected chi connectivity index (χ1v) is 9.84. The Bertz CT molecular complexity index is 947. The van der Waals surface area contributed by atoms with Gasteiger partial charge in [0.2, 0.25) is 5.91 Å². The van der Waals surface area contributed by atoms with Crippen LogP contribution in [0.25, 0.3) is 0 Å². The molecular formula is C23H26N4O2. The maximum absolute atomic E-state index is 12.3. The molecule has 0 fully saturated rings. The van der Waals surface area contributed by atoms with E-state index in [9.17, 15) is 9.59 Å². The Labute approximate surface area is 171 Å². The van der Waals surface area contributed by atoms with Crippen LogP contribution in [-0.2, 0) is 17.8 Å². The zero-order valence-corrected chi connectivity index (χ0v) is 16.8. The molecule has 3 aromatic rings. The summed E-state index contributed by atoms with van der Waals surface area (Å²) < 4.78 is 1.74. The Morgan fingerprint density at radius 1 is 0.966 bits per heavy atom. The molecule has 0 aliphatic rings. The molecule has 1 aromatic carbocycles. The number of rotatable bonds is 9. The van der Waals surface area contributed by atoms with Gasteiger partial charge in [0.15, 0.2) is 11.6 Å². The molecule has 0 spiro atoms. The zero-order valence-electron chi connectivity index (χ0n) is 16.8. The second-order valence-corrected chi connectivity index (χ2v) is 7.52. The van der Waals surface area contributed by atoms with E-state index in [0.717, 1.165) is 12.0 Å². The molecule has 1 N–H and O–H groups in total. The van der Waals surface area contributed by atoms with E-state index in [1.54, 1.807) is 29.3 Å². The van der Waals surface area contributed by atoms with Gasteiger partial charge in [0.1, 0.15) is 0 Å². The van der Waals surface area contributed by atoms with Crippen molar-refractivity contribution < 1.29 is 9.59 Å². The van der Waals surface area contributed by atoms with E-state index in [1.165, 1.54) is 5.56 Å². The number of hydrogen-bond donors (Lipinski definition) is 1. The number of ketones is 1. The maximum atomic E-state index is 12.3. The molecule has 3 rings (SSSR count). The van der Waals surface area contributed by atoms with E-state index in [2.05, 4.69) is 29.2 Å². The number of Topliss-reactive ketones (excluding diaryl/α,β-unsaturated/α-hetero) is 1. The van der Waals surface area contributed by atoms with Crippen LogP contribution in [0.2, 0.25) is 0 Å². The van der Waals surface area contributed by atoms with E-state index in [1.807, 2.05) is 36.4 Å². The summed E-state index contributed by atoms with van der Waals surface area (Å²) in [7, 11) is 0. The highest BCUT2D eigenvalue weighted by Gasteiger charge is 2.11. The van der Waals surface area contributed by atoms with Gasteiger partial charge in [-0.05, 0) is 35.6 Å². The van der Waals surface area contributed by atoms with Crippen molar-refractivity contribution in [1.29, 1.82) is 0 Å². The van der Waals surface area contributed by atoms with Gasteiger partial charge in [0.25, 0.3) is 0 Å². The molecule has 0 bridgehead atoms. The summed E-state index contributed by atoms with van der Waals surface area (Å²) in [5.74, 6) is 0.811. The molecule has 0 unspecified atom stereocenters. The van der Waals surface area contributed by atoms with Crippen molar-refractivity contribution in [2.24, 2.45) is 5.92 Å². The van der Waals surface area contributed by atoms with Gasteiger partial charge in [-0.2, -0.15) is 5.10 Å². The number of hydrogen-bond acceptors (Lipinski definition) is 4. The number of nitrogens with one attached hydrogen (secondary N) is 1. The number of nitrogens with zero attached hydrogens (tertiary/aromatic N) is 3. The highest BCUT2D eigenvalue weighted by Crippen LogP contribution is 2.13. The van der Waals surface area contributed by atoms with Crippen molar-refractivity contribution >= 4 is 17.5 Å². The third-order valence-corrected chi connectivity index (χ3v) is 4.50. The predicted octanol–water partition coefficient (Wildman–Crippen LogP) is 4.13. The molecule has 0 saturated heterocycles. The van der Waals surface area contributed by atoms with Crippen molar-refractivity contribution in [2.45, 2.75) is 39.7 Å². The monoisotopic (exact) mass is 390 g/mol. The first-order chi connectivity index (χ1) is 14.0. The van der Waals surface area contributed by atoms with Gasteiger partial charge in [-0.15, -0.1) is 0 Å². The summed E-state index contributed by atoms with van der Waals surface area (Å²) >= 11 is 0. The molecule has 0 saturated carbocycles. The first kappa shape index (κ1) is 20.5. The average molecular weight is 390 g/mol. The summed E-state index contributed by atoms with van der Waals surface area (Å²) in [6.07, 6.45) is 6.56. The Morgan fingerprint density at radius 2 is 1.69 bits per heavy atom. The topological polar surface area (TPSA) is 76.9 Å². The fraction of sp³-hybridized carbons (Fsp3) is 0.304. The van der Waals surface area contributed by atoms with Crippen LogP contribution < -0.4 is 5.32 Å². The Balaban J connectivity index is 1.46. The number of benzene rings is 1. The van der Waals surface area contributed by atoms with Crippen LogP contribution in [0.3, 0.4) is 0 Å². The first-order valence-electron chi connectivity index (χ1n) is 9.84.